The monoisotopic (exact) mass is 434 g/mol. The zero-order valence-corrected chi connectivity index (χ0v) is 18.8. The fourth-order valence-electron chi connectivity index (χ4n) is 5.51. The quantitative estimate of drug-likeness (QED) is 0.386. The molecular formula is C29H26N2O2. The number of aryl methyl sites for hydroxylation is 2. The minimum Gasteiger partial charge on any atom is -0.508 e. The molecule has 0 saturated heterocycles. The molecular weight excluding hydrogens is 408 g/mol. The molecule has 4 aromatic carbocycles. The Balaban J connectivity index is 1.40. The van der Waals surface area contributed by atoms with Gasteiger partial charge in [0.2, 0.25) is 0 Å². The first-order chi connectivity index (χ1) is 16.0. The van der Waals surface area contributed by atoms with Crippen LogP contribution in [0.15, 0.2) is 72.8 Å². The highest BCUT2D eigenvalue weighted by atomic mass is 16.3. The molecule has 6 rings (SSSR count). The van der Waals surface area contributed by atoms with Crippen molar-refractivity contribution in [2.24, 2.45) is 0 Å². The normalized spacial score (nSPS) is 14.1. The van der Waals surface area contributed by atoms with E-state index >= 15 is 0 Å². The number of fused-ring (bicyclic) bond motifs is 6. The Labute approximate surface area is 194 Å². The number of aromatic hydroxyl groups is 2. The van der Waals surface area contributed by atoms with E-state index in [1.165, 1.54) is 44.8 Å². The fourth-order valence-corrected chi connectivity index (χ4v) is 5.51. The molecule has 2 bridgehead atoms. The van der Waals surface area contributed by atoms with E-state index in [1.807, 2.05) is 24.3 Å². The minimum atomic E-state index is 0.291. The maximum atomic E-state index is 9.66. The molecule has 2 aliphatic heterocycles. The summed E-state index contributed by atoms with van der Waals surface area (Å²) in [7, 11) is 0. The lowest BCUT2D eigenvalue weighted by Crippen LogP contribution is -2.46. The van der Waals surface area contributed by atoms with Gasteiger partial charge in [-0.2, -0.15) is 0 Å². The van der Waals surface area contributed by atoms with Gasteiger partial charge in [0.15, 0.2) is 0 Å². The first-order valence-corrected chi connectivity index (χ1v) is 11.3. The Morgan fingerprint density at radius 1 is 0.545 bits per heavy atom. The summed E-state index contributed by atoms with van der Waals surface area (Å²) in [5.74, 6) is 0.581. The van der Waals surface area contributed by atoms with E-state index < -0.39 is 0 Å². The molecule has 0 spiro atoms. The van der Waals surface area contributed by atoms with E-state index in [0.29, 0.717) is 11.5 Å². The van der Waals surface area contributed by atoms with E-state index in [-0.39, 0.29) is 0 Å². The molecule has 0 amide bonds. The Hall–Kier alpha value is -3.92. The van der Waals surface area contributed by atoms with Gasteiger partial charge in [-0.05, 0) is 107 Å². The Bertz CT molecular complexity index is 1270. The average molecular weight is 435 g/mol. The van der Waals surface area contributed by atoms with Gasteiger partial charge in [-0.25, -0.2) is 0 Å². The molecule has 0 saturated carbocycles. The summed E-state index contributed by atoms with van der Waals surface area (Å²) in [4.78, 5) is 4.97. The topological polar surface area (TPSA) is 46.9 Å². The molecule has 2 heterocycles. The van der Waals surface area contributed by atoms with Gasteiger partial charge in [0, 0.05) is 24.5 Å². The smallest absolute Gasteiger partial charge is 0.115 e. The molecule has 4 aromatic rings. The summed E-state index contributed by atoms with van der Waals surface area (Å²) in [6.45, 7) is 7.06. The molecule has 0 fully saturated rings. The number of rotatable bonds is 2. The summed E-state index contributed by atoms with van der Waals surface area (Å²) in [5, 5.41) is 19.3. The second-order valence-electron chi connectivity index (χ2n) is 9.23. The van der Waals surface area contributed by atoms with Crippen LogP contribution in [0.2, 0.25) is 0 Å². The largest absolute Gasteiger partial charge is 0.508 e. The van der Waals surface area contributed by atoms with Crippen LogP contribution in [-0.2, 0) is 13.1 Å². The number of phenols is 2. The Kier molecular flexibility index (Phi) is 4.37. The summed E-state index contributed by atoms with van der Waals surface area (Å²) in [6.07, 6.45) is 0. The number of hydrogen-bond acceptors (Lipinski definition) is 4. The minimum absolute atomic E-state index is 0.291. The van der Waals surface area contributed by atoms with Crippen LogP contribution in [0, 0.1) is 13.8 Å². The average Bonchev–Trinajstić information content (AvgIpc) is 2.79. The molecule has 0 aliphatic carbocycles. The van der Waals surface area contributed by atoms with Crippen LogP contribution >= 0.6 is 0 Å². The van der Waals surface area contributed by atoms with Crippen LogP contribution in [0.4, 0.5) is 11.4 Å². The van der Waals surface area contributed by atoms with E-state index in [1.54, 1.807) is 24.3 Å². The van der Waals surface area contributed by atoms with Crippen LogP contribution in [0.3, 0.4) is 0 Å². The number of nitrogens with zero attached hydrogens (tertiary/aromatic N) is 2. The van der Waals surface area contributed by atoms with Crippen molar-refractivity contribution >= 4 is 11.4 Å². The lowest BCUT2D eigenvalue weighted by atomic mass is 9.91. The predicted molar refractivity (Wildman–Crippen MR) is 134 cm³/mol. The van der Waals surface area contributed by atoms with Crippen molar-refractivity contribution < 1.29 is 10.2 Å². The number of phenolic OH excluding ortho intramolecular Hbond substituents is 2. The Morgan fingerprint density at radius 3 is 1.33 bits per heavy atom. The molecule has 0 unspecified atom stereocenters. The molecule has 2 N–H and O–H groups in total. The summed E-state index contributed by atoms with van der Waals surface area (Å²) in [5.41, 5.74) is 12.5. The molecule has 33 heavy (non-hydrogen) atoms. The fraction of sp³-hybridized carbons (Fsp3) is 0.172. The van der Waals surface area contributed by atoms with Crippen molar-refractivity contribution in [3.63, 3.8) is 0 Å². The zero-order valence-electron chi connectivity index (χ0n) is 18.8. The van der Waals surface area contributed by atoms with Crippen molar-refractivity contribution in [2.45, 2.75) is 26.9 Å². The van der Waals surface area contributed by atoms with Gasteiger partial charge in [0.25, 0.3) is 0 Å². The van der Waals surface area contributed by atoms with Crippen molar-refractivity contribution in [2.75, 3.05) is 16.5 Å². The van der Waals surface area contributed by atoms with Gasteiger partial charge in [-0.1, -0.05) is 24.3 Å². The third-order valence-electron chi connectivity index (χ3n) is 6.86. The Morgan fingerprint density at radius 2 is 0.939 bits per heavy atom. The second-order valence-corrected chi connectivity index (χ2v) is 9.23. The van der Waals surface area contributed by atoms with Crippen molar-refractivity contribution in [1.29, 1.82) is 0 Å². The molecule has 4 heteroatoms. The molecule has 0 atom stereocenters. The lowest BCUT2D eigenvalue weighted by molar-refractivity contribution is 0.475. The van der Waals surface area contributed by atoms with E-state index in [2.05, 4.69) is 47.9 Å². The van der Waals surface area contributed by atoms with E-state index in [4.69, 9.17) is 0 Å². The highest BCUT2D eigenvalue weighted by Crippen LogP contribution is 2.44. The van der Waals surface area contributed by atoms with Gasteiger partial charge in [0.05, 0.1) is 6.67 Å². The number of benzene rings is 4. The first-order valence-electron chi connectivity index (χ1n) is 11.3. The number of hydrogen-bond donors (Lipinski definition) is 2. The van der Waals surface area contributed by atoms with Crippen molar-refractivity contribution in [3.8, 4) is 33.8 Å². The zero-order chi connectivity index (χ0) is 22.7. The molecule has 164 valence electrons. The van der Waals surface area contributed by atoms with Gasteiger partial charge >= 0.3 is 0 Å². The van der Waals surface area contributed by atoms with Gasteiger partial charge in [-0.3, -0.25) is 0 Å². The third kappa shape index (κ3) is 3.30. The highest BCUT2D eigenvalue weighted by molar-refractivity contribution is 5.79. The SMILES string of the molecule is Cc1cc(-c2ccc(O)cc2)cc2c1N1Cc3cc(-c4ccc(O)cc4)cc(C)c3N(C2)C1. The van der Waals surface area contributed by atoms with E-state index in [9.17, 15) is 10.2 Å². The number of anilines is 2. The van der Waals surface area contributed by atoms with Crippen molar-refractivity contribution in [3.05, 3.63) is 95.1 Å². The standard InChI is InChI=1S/C29H26N2O2/c1-18-11-22(20-3-7-26(32)8-4-20)13-24-15-31-17-30(28(18)24)16-25-14-23(12-19(2)29(25)31)21-5-9-27(33)10-6-21/h3-14,32-33H,15-17H2,1-2H3. The van der Waals surface area contributed by atoms with Crippen LogP contribution < -0.4 is 9.80 Å². The van der Waals surface area contributed by atoms with Crippen molar-refractivity contribution in [1.82, 2.24) is 0 Å². The van der Waals surface area contributed by atoms with Crippen LogP contribution in [0.25, 0.3) is 22.3 Å². The first kappa shape index (κ1) is 19.7. The maximum Gasteiger partial charge on any atom is 0.115 e. The molecule has 2 aliphatic rings. The van der Waals surface area contributed by atoms with Gasteiger partial charge in [0.1, 0.15) is 11.5 Å². The van der Waals surface area contributed by atoms with Gasteiger partial charge < -0.3 is 20.0 Å². The van der Waals surface area contributed by atoms with Crippen LogP contribution in [0.1, 0.15) is 22.3 Å². The molecule has 0 aromatic heterocycles. The third-order valence-corrected chi connectivity index (χ3v) is 6.86. The molecule has 4 nitrogen and oxygen atoms in total. The molecule has 0 radical (unpaired) electrons. The summed E-state index contributed by atoms with van der Waals surface area (Å²) >= 11 is 0. The maximum absolute atomic E-state index is 9.66. The highest BCUT2D eigenvalue weighted by Gasteiger charge is 2.32. The summed E-state index contributed by atoms with van der Waals surface area (Å²) < 4.78 is 0. The second kappa shape index (κ2) is 7.31. The lowest BCUT2D eigenvalue weighted by Gasteiger charge is -2.46. The summed E-state index contributed by atoms with van der Waals surface area (Å²) in [6, 6.07) is 24.0. The predicted octanol–water partition coefficient (Wildman–Crippen LogP) is 6.35. The van der Waals surface area contributed by atoms with Gasteiger partial charge in [-0.15, -0.1) is 0 Å². The van der Waals surface area contributed by atoms with E-state index in [0.717, 1.165) is 30.9 Å². The van der Waals surface area contributed by atoms with Crippen LogP contribution in [-0.4, -0.2) is 16.9 Å². The van der Waals surface area contributed by atoms with Crippen LogP contribution in [0.5, 0.6) is 11.5 Å².